The molecule has 1 fully saturated rings. The molecule has 0 aliphatic heterocycles. The molecule has 1 aliphatic carbocycles. The van der Waals surface area contributed by atoms with E-state index in [1.807, 2.05) is 0 Å². The molecule has 0 heterocycles. The van der Waals surface area contributed by atoms with E-state index in [0.717, 1.165) is 6.42 Å². The fourth-order valence-corrected chi connectivity index (χ4v) is 2.28. The molecule has 0 aromatic rings. The lowest BCUT2D eigenvalue weighted by Crippen LogP contribution is -2.41. The van der Waals surface area contributed by atoms with Gasteiger partial charge in [-0.1, -0.05) is 32.1 Å². The maximum atomic E-state index is 11.4. The number of carbonyl (C=O) groups excluding carboxylic acids is 2. The topological polar surface area (TPSA) is 55.4 Å². The fourth-order valence-electron chi connectivity index (χ4n) is 2.28. The predicted molar refractivity (Wildman–Crippen MR) is 61.2 cm³/mol. The molecule has 0 aromatic carbocycles. The van der Waals surface area contributed by atoms with Crippen LogP contribution in [0.2, 0.25) is 0 Å². The summed E-state index contributed by atoms with van der Waals surface area (Å²) in [5, 5.41) is 2.60. The van der Waals surface area contributed by atoms with Crippen LogP contribution in [0.5, 0.6) is 0 Å². The van der Waals surface area contributed by atoms with E-state index < -0.39 is 6.09 Å². The second-order valence-corrected chi connectivity index (χ2v) is 4.54. The maximum absolute atomic E-state index is 11.4. The van der Waals surface area contributed by atoms with E-state index in [9.17, 15) is 9.59 Å². The number of ether oxygens (including phenoxy) is 1. The van der Waals surface area contributed by atoms with Crippen LogP contribution in [0, 0.1) is 5.92 Å². The van der Waals surface area contributed by atoms with Gasteiger partial charge in [0.15, 0.2) is 5.78 Å². The van der Waals surface area contributed by atoms with Crippen molar-refractivity contribution in [1.29, 1.82) is 0 Å². The summed E-state index contributed by atoms with van der Waals surface area (Å²) in [6.45, 7) is 1.52. The maximum Gasteiger partial charge on any atom is 0.407 e. The molecule has 0 bridgehead atoms. The van der Waals surface area contributed by atoms with Crippen LogP contribution in [0.3, 0.4) is 0 Å². The van der Waals surface area contributed by atoms with E-state index in [0.29, 0.717) is 5.92 Å². The number of methoxy groups -OCH3 is 1. The van der Waals surface area contributed by atoms with Crippen molar-refractivity contribution >= 4 is 11.9 Å². The highest BCUT2D eigenvalue weighted by atomic mass is 16.5. The number of rotatable bonds is 4. The van der Waals surface area contributed by atoms with Crippen molar-refractivity contribution in [2.75, 3.05) is 7.11 Å². The van der Waals surface area contributed by atoms with E-state index in [2.05, 4.69) is 10.1 Å². The van der Waals surface area contributed by atoms with Crippen LogP contribution < -0.4 is 5.32 Å². The fraction of sp³-hybridized carbons (Fsp3) is 0.833. The Balaban J connectivity index is 2.43. The number of hydrogen-bond donors (Lipinski definition) is 1. The first-order valence-electron chi connectivity index (χ1n) is 5.98. The van der Waals surface area contributed by atoms with Gasteiger partial charge in [0.2, 0.25) is 0 Å². The highest BCUT2D eigenvalue weighted by Gasteiger charge is 2.23. The summed E-state index contributed by atoms with van der Waals surface area (Å²) >= 11 is 0. The third kappa shape index (κ3) is 4.21. The summed E-state index contributed by atoms with van der Waals surface area (Å²) in [6, 6.07) is -0.379. The minimum atomic E-state index is -0.518. The molecule has 1 amide bonds. The van der Waals surface area contributed by atoms with Gasteiger partial charge >= 0.3 is 6.09 Å². The Morgan fingerprint density at radius 2 is 1.94 bits per heavy atom. The van der Waals surface area contributed by atoms with Crippen molar-refractivity contribution in [2.24, 2.45) is 5.92 Å². The number of amides is 1. The Morgan fingerprint density at radius 1 is 1.31 bits per heavy atom. The minimum Gasteiger partial charge on any atom is -0.453 e. The number of alkyl carbamates (subject to hydrolysis) is 1. The number of hydrogen-bond acceptors (Lipinski definition) is 3. The molecule has 1 rings (SSSR count). The van der Waals surface area contributed by atoms with Crippen molar-refractivity contribution in [1.82, 2.24) is 5.32 Å². The highest BCUT2D eigenvalue weighted by molar-refractivity contribution is 5.85. The molecule has 1 N–H and O–H groups in total. The van der Waals surface area contributed by atoms with Gasteiger partial charge in [-0.15, -0.1) is 0 Å². The number of Topliss-reactive ketones (excluding diaryl/α,β-unsaturated/α-hetero) is 1. The second kappa shape index (κ2) is 6.51. The Hall–Kier alpha value is -1.06. The molecule has 0 saturated heterocycles. The van der Waals surface area contributed by atoms with Crippen LogP contribution in [0.15, 0.2) is 0 Å². The third-order valence-electron chi connectivity index (χ3n) is 3.26. The molecule has 16 heavy (non-hydrogen) atoms. The molecule has 0 spiro atoms. The summed E-state index contributed by atoms with van der Waals surface area (Å²) < 4.78 is 4.52. The molecule has 1 unspecified atom stereocenters. The molecule has 1 atom stereocenters. The van der Waals surface area contributed by atoms with Gasteiger partial charge < -0.3 is 10.1 Å². The SMILES string of the molecule is COC(=O)NC(CC1CCCCC1)C(C)=O. The number of ketones is 1. The van der Waals surface area contributed by atoms with Crippen LogP contribution in [-0.4, -0.2) is 25.0 Å². The average Bonchev–Trinajstić information content (AvgIpc) is 2.29. The van der Waals surface area contributed by atoms with Gasteiger partial charge in [-0.25, -0.2) is 4.79 Å². The lowest BCUT2D eigenvalue weighted by atomic mass is 9.84. The van der Waals surface area contributed by atoms with Crippen molar-refractivity contribution in [3.8, 4) is 0 Å². The molecule has 4 heteroatoms. The number of nitrogens with one attached hydrogen (secondary N) is 1. The Labute approximate surface area is 96.7 Å². The average molecular weight is 227 g/mol. The summed E-state index contributed by atoms with van der Waals surface area (Å²) in [4.78, 5) is 22.5. The van der Waals surface area contributed by atoms with E-state index in [-0.39, 0.29) is 11.8 Å². The normalized spacial score (nSPS) is 18.9. The lowest BCUT2D eigenvalue weighted by Gasteiger charge is -2.25. The predicted octanol–water partition coefficient (Wildman–Crippen LogP) is 2.27. The van der Waals surface area contributed by atoms with E-state index in [1.165, 1.54) is 46.1 Å². The van der Waals surface area contributed by atoms with Crippen LogP contribution in [0.25, 0.3) is 0 Å². The van der Waals surface area contributed by atoms with Gasteiger partial charge in [0.05, 0.1) is 13.2 Å². The van der Waals surface area contributed by atoms with Crippen molar-refractivity contribution in [2.45, 2.75) is 51.5 Å². The van der Waals surface area contributed by atoms with E-state index >= 15 is 0 Å². The Kier molecular flexibility index (Phi) is 5.29. The molecule has 1 aliphatic rings. The largest absolute Gasteiger partial charge is 0.453 e. The van der Waals surface area contributed by atoms with E-state index in [4.69, 9.17) is 0 Å². The summed E-state index contributed by atoms with van der Waals surface area (Å²) in [7, 11) is 1.31. The van der Waals surface area contributed by atoms with Gasteiger partial charge in [-0.3, -0.25) is 4.79 Å². The highest BCUT2D eigenvalue weighted by Crippen LogP contribution is 2.27. The zero-order chi connectivity index (χ0) is 12.0. The van der Waals surface area contributed by atoms with Gasteiger partial charge in [0.1, 0.15) is 0 Å². The summed E-state index contributed by atoms with van der Waals surface area (Å²) in [5.41, 5.74) is 0. The molecule has 92 valence electrons. The van der Waals surface area contributed by atoms with Crippen LogP contribution in [0.4, 0.5) is 4.79 Å². The third-order valence-corrected chi connectivity index (χ3v) is 3.26. The van der Waals surface area contributed by atoms with Gasteiger partial charge in [0.25, 0.3) is 0 Å². The first kappa shape index (κ1) is 13.0. The molecular formula is C12H21NO3. The minimum absolute atomic E-state index is 0.0102. The van der Waals surface area contributed by atoms with E-state index in [1.54, 1.807) is 0 Å². The van der Waals surface area contributed by atoms with Gasteiger partial charge in [-0.05, 0) is 19.3 Å². The number of carbonyl (C=O) groups is 2. The Bertz CT molecular complexity index is 247. The summed E-state index contributed by atoms with van der Waals surface area (Å²) in [6.07, 6.45) is 6.37. The van der Waals surface area contributed by atoms with Crippen LogP contribution in [0.1, 0.15) is 45.4 Å². The monoisotopic (exact) mass is 227 g/mol. The molecular weight excluding hydrogens is 206 g/mol. The lowest BCUT2D eigenvalue weighted by molar-refractivity contribution is -0.119. The summed E-state index contributed by atoms with van der Waals surface area (Å²) in [5.74, 6) is 0.579. The smallest absolute Gasteiger partial charge is 0.407 e. The quantitative estimate of drug-likeness (QED) is 0.801. The second-order valence-electron chi connectivity index (χ2n) is 4.54. The van der Waals surface area contributed by atoms with Crippen molar-refractivity contribution in [3.63, 3.8) is 0 Å². The zero-order valence-corrected chi connectivity index (χ0v) is 10.1. The van der Waals surface area contributed by atoms with Crippen LogP contribution in [-0.2, 0) is 9.53 Å². The molecule has 0 radical (unpaired) electrons. The Morgan fingerprint density at radius 3 is 2.44 bits per heavy atom. The van der Waals surface area contributed by atoms with Crippen molar-refractivity contribution in [3.05, 3.63) is 0 Å². The van der Waals surface area contributed by atoms with Crippen LogP contribution >= 0.6 is 0 Å². The molecule has 1 saturated carbocycles. The first-order valence-corrected chi connectivity index (χ1v) is 5.98. The first-order chi connectivity index (χ1) is 7.63. The van der Waals surface area contributed by atoms with Gasteiger partial charge in [0, 0.05) is 0 Å². The van der Waals surface area contributed by atoms with Gasteiger partial charge in [-0.2, -0.15) is 0 Å². The molecule has 0 aromatic heterocycles. The van der Waals surface area contributed by atoms with Crippen molar-refractivity contribution < 1.29 is 14.3 Å². The zero-order valence-electron chi connectivity index (χ0n) is 10.1. The standard InChI is InChI=1S/C12H21NO3/c1-9(14)11(13-12(15)16-2)8-10-6-4-3-5-7-10/h10-11H,3-8H2,1-2H3,(H,13,15). The molecule has 4 nitrogen and oxygen atoms in total.